The van der Waals surface area contributed by atoms with E-state index in [-0.39, 0.29) is 28.7 Å². The number of amides is 1. The molecule has 0 spiro atoms. The zero-order chi connectivity index (χ0) is 14.6. The second-order valence-electron chi connectivity index (χ2n) is 5.04. The SMILES string of the molecule is C[C@@H](NC(=O)CS[C@H]1CCS(=O)(=O)C1)c1ccccc1. The smallest absolute Gasteiger partial charge is 0.230 e. The van der Waals surface area contributed by atoms with Crippen molar-refractivity contribution in [2.45, 2.75) is 24.6 Å². The molecule has 0 bridgehead atoms. The van der Waals surface area contributed by atoms with E-state index in [0.717, 1.165) is 5.56 Å². The Morgan fingerprint density at radius 3 is 2.70 bits per heavy atom. The molecule has 20 heavy (non-hydrogen) atoms. The number of hydrogen-bond acceptors (Lipinski definition) is 4. The summed E-state index contributed by atoms with van der Waals surface area (Å²) in [4.78, 5) is 11.9. The lowest BCUT2D eigenvalue weighted by molar-refractivity contribution is -0.119. The molecule has 1 heterocycles. The van der Waals surface area contributed by atoms with Gasteiger partial charge in [-0.3, -0.25) is 4.79 Å². The van der Waals surface area contributed by atoms with Crippen LogP contribution < -0.4 is 5.32 Å². The lowest BCUT2D eigenvalue weighted by Gasteiger charge is -2.15. The average molecular weight is 313 g/mol. The number of thioether (sulfide) groups is 1. The maximum atomic E-state index is 11.9. The standard InChI is InChI=1S/C14H19NO3S2/c1-11(12-5-3-2-4-6-12)15-14(16)9-19-13-7-8-20(17,18)10-13/h2-6,11,13H,7-10H2,1H3,(H,15,16)/t11-,13+/m1/s1. The number of hydrogen-bond donors (Lipinski definition) is 1. The molecule has 110 valence electrons. The molecule has 0 aliphatic carbocycles. The Balaban J connectivity index is 1.76. The molecule has 1 aliphatic heterocycles. The predicted octanol–water partition coefficient (Wildman–Crippen LogP) is 1.78. The Labute approximate surface area is 124 Å². The fourth-order valence-electron chi connectivity index (χ4n) is 2.19. The number of carbonyl (C=O) groups excluding carboxylic acids is 1. The highest BCUT2D eigenvalue weighted by Crippen LogP contribution is 2.24. The first-order valence-corrected chi connectivity index (χ1v) is 9.49. The number of rotatable bonds is 5. The van der Waals surface area contributed by atoms with Crippen LogP contribution in [0.2, 0.25) is 0 Å². The summed E-state index contributed by atoms with van der Waals surface area (Å²) in [5.74, 6) is 0.735. The van der Waals surface area contributed by atoms with E-state index in [2.05, 4.69) is 5.32 Å². The minimum Gasteiger partial charge on any atom is -0.349 e. The van der Waals surface area contributed by atoms with Gasteiger partial charge in [0.15, 0.2) is 9.84 Å². The summed E-state index contributed by atoms with van der Waals surface area (Å²) in [7, 11) is -2.86. The van der Waals surface area contributed by atoms with Crippen molar-refractivity contribution in [1.29, 1.82) is 0 Å². The van der Waals surface area contributed by atoms with E-state index in [1.807, 2.05) is 37.3 Å². The summed E-state index contributed by atoms with van der Waals surface area (Å²) < 4.78 is 22.7. The van der Waals surface area contributed by atoms with Crippen LogP contribution in [0.15, 0.2) is 30.3 Å². The van der Waals surface area contributed by atoms with Crippen LogP contribution in [-0.2, 0) is 14.6 Å². The third-order valence-corrected chi connectivity index (χ3v) is 6.60. The number of benzene rings is 1. The van der Waals surface area contributed by atoms with Crippen LogP contribution in [-0.4, -0.2) is 36.8 Å². The van der Waals surface area contributed by atoms with Gasteiger partial charge in [-0.05, 0) is 18.9 Å². The van der Waals surface area contributed by atoms with Crippen LogP contribution in [0.25, 0.3) is 0 Å². The van der Waals surface area contributed by atoms with Gasteiger partial charge in [0.1, 0.15) is 0 Å². The van der Waals surface area contributed by atoms with E-state index in [4.69, 9.17) is 0 Å². The highest BCUT2D eigenvalue weighted by molar-refractivity contribution is 8.02. The lowest BCUT2D eigenvalue weighted by Crippen LogP contribution is -2.29. The van der Waals surface area contributed by atoms with Crippen molar-refractivity contribution in [2.24, 2.45) is 0 Å². The first-order chi connectivity index (χ1) is 9.46. The van der Waals surface area contributed by atoms with Gasteiger partial charge in [0.05, 0.1) is 23.3 Å². The minimum absolute atomic E-state index is 0.0309. The molecule has 2 atom stereocenters. The maximum Gasteiger partial charge on any atom is 0.230 e. The molecule has 1 aromatic carbocycles. The minimum atomic E-state index is -2.86. The predicted molar refractivity (Wildman–Crippen MR) is 82.5 cm³/mol. The van der Waals surface area contributed by atoms with Gasteiger partial charge in [0, 0.05) is 5.25 Å². The highest BCUT2D eigenvalue weighted by atomic mass is 32.2. The van der Waals surface area contributed by atoms with Gasteiger partial charge in [-0.1, -0.05) is 30.3 Å². The number of nitrogens with one attached hydrogen (secondary N) is 1. The molecular formula is C14H19NO3S2. The van der Waals surface area contributed by atoms with E-state index < -0.39 is 9.84 Å². The van der Waals surface area contributed by atoms with Crippen LogP contribution in [0.5, 0.6) is 0 Å². The molecule has 1 amide bonds. The van der Waals surface area contributed by atoms with Gasteiger partial charge in [0.25, 0.3) is 0 Å². The van der Waals surface area contributed by atoms with Crippen molar-refractivity contribution in [3.63, 3.8) is 0 Å². The van der Waals surface area contributed by atoms with Crippen LogP contribution in [0.1, 0.15) is 24.9 Å². The molecule has 1 aromatic rings. The molecule has 4 nitrogen and oxygen atoms in total. The number of carbonyl (C=O) groups is 1. The van der Waals surface area contributed by atoms with Gasteiger partial charge in [0.2, 0.25) is 5.91 Å². The Morgan fingerprint density at radius 2 is 2.10 bits per heavy atom. The van der Waals surface area contributed by atoms with E-state index in [1.165, 1.54) is 11.8 Å². The Hall–Kier alpha value is -1.01. The Morgan fingerprint density at radius 1 is 1.40 bits per heavy atom. The molecule has 0 saturated carbocycles. The number of sulfone groups is 1. The Kier molecular flexibility index (Phi) is 5.10. The van der Waals surface area contributed by atoms with Crippen LogP contribution in [0.3, 0.4) is 0 Å². The van der Waals surface area contributed by atoms with Gasteiger partial charge in [-0.25, -0.2) is 8.42 Å². The summed E-state index contributed by atoms with van der Waals surface area (Å²) >= 11 is 1.44. The van der Waals surface area contributed by atoms with Gasteiger partial charge in [-0.15, -0.1) is 11.8 Å². The third kappa shape index (κ3) is 4.52. The second kappa shape index (κ2) is 6.63. The van der Waals surface area contributed by atoms with Crippen LogP contribution in [0.4, 0.5) is 0 Å². The van der Waals surface area contributed by atoms with Gasteiger partial charge < -0.3 is 5.32 Å². The summed E-state index contributed by atoms with van der Waals surface area (Å²) in [6, 6.07) is 9.74. The molecule has 6 heteroatoms. The lowest BCUT2D eigenvalue weighted by atomic mass is 10.1. The third-order valence-electron chi connectivity index (χ3n) is 3.32. The zero-order valence-electron chi connectivity index (χ0n) is 11.4. The molecular weight excluding hydrogens is 294 g/mol. The molecule has 1 fully saturated rings. The topological polar surface area (TPSA) is 63.2 Å². The van der Waals surface area contributed by atoms with Crippen molar-refractivity contribution in [2.75, 3.05) is 17.3 Å². The second-order valence-corrected chi connectivity index (χ2v) is 8.55. The van der Waals surface area contributed by atoms with E-state index in [1.54, 1.807) is 0 Å². The largest absolute Gasteiger partial charge is 0.349 e. The highest BCUT2D eigenvalue weighted by Gasteiger charge is 2.28. The molecule has 2 rings (SSSR count). The fourth-order valence-corrected chi connectivity index (χ4v) is 5.65. The van der Waals surface area contributed by atoms with Crippen LogP contribution in [0, 0.1) is 0 Å². The molecule has 0 unspecified atom stereocenters. The van der Waals surface area contributed by atoms with Crippen molar-refractivity contribution < 1.29 is 13.2 Å². The van der Waals surface area contributed by atoms with E-state index in [9.17, 15) is 13.2 Å². The fraction of sp³-hybridized carbons (Fsp3) is 0.500. The van der Waals surface area contributed by atoms with Crippen molar-refractivity contribution in [3.8, 4) is 0 Å². The summed E-state index contributed by atoms with van der Waals surface area (Å²) in [5.41, 5.74) is 1.06. The molecule has 1 N–H and O–H groups in total. The molecule has 1 aliphatic rings. The van der Waals surface area contributed by atoms with E-state index in [0.29, 0.717) is 12.2 Å². The molecule has 0 radical (unpaired) electrons. The first-order valence-electron chi connectivity index (χ1n) is 6.62. The van der Waals surface area contributed by atoms with Gasteiger partial charge >= 0.3 is 0 Å². The monoisotopic (exact) mass is 313 g/mol. The Bertz CT molecular complexity index is 557. The quantitative estimate of drug-likeness (QED) is 0.900. The normalized spacial score (nSPS) is 22.4. The average Bonchev–Trinajstić information content (AvgIpc) is 2.77. The van der Waals surface area contributed by atoms with Gasteiger partial charge in [-0.2, -0.15) is 0 Å². The summed E-state index contributed by atoms with van der Waals surface area (Å²) in [5, 5.41) is 3.00. The molecule has 1 saturated heterocycles. The van der Waals surface area contributed by atoms with Crippen molar-refractivity contribution >= 4 is 27.5 Å². The molecule has 0 aromatic heterocycles. The van der Waals surface area contributed by atoms with Crippen molar-refractivity contribution in [1.82, 2.24) is 5.32 Å². The summed E-state index contributed by atoms with van der Waals surface area (Å²) in [6.45, 7) is 1.94. The zero-order valence-corrected chi connectivity index (χ0v) is 13.0. The van der Waals surface area contributed by atoms with Crippen LogP contribution >= 0.6 is 11.8 Å². The van der Waals surface area contributed by atoms with E-state index >= 15 is 0 Å². The maximum absolute atomic E-state index is 11.9. The van der Waals surface area contributed by atoms with Crippen molar-refractivity contribution in [3.05, 3.63) is 35.9 Å². The first kappa shape index (κ1) is 15.4. The summed E-state index contributed by atoms with van der Waals surface area (Å²) in [6.07, 6.45) is 0.661.